The van der Waals surface area contributed by atoms with Crippen LogP contribution < -0.4 is 10.2 Å². The molecular formula is C23H25BrN2O3S2. The minimum atomic E-state index is -0.204. The van der Waals surface area contributed by atoms with Gasteiger partial charge in [-0.3, -0.25) is 14.5 Å². The predicted octanol–water partition coefficient (Wildman–Crippen LogP) is 6.97. The van der Waals surface area contributed by atoms with Crippen molar-refractivity contribution in [2.75, 3.05) is 17.3 Å². The fraction of sp³-hybridized carbons (Fsp3) is 0.304. The Hall–Kier alpha value is -2.16. The molecule has 3 aromatic rings. The van der Waals surface area contributed by atoms with Crippen LogP contribution in [0.5, 0.6) is 0 Å². The third kappa shape index (κ3) is 7.19. The molecule has 0 saturated heterocycles. The van der Waals surface area contributed by atoms with Gasteiger partial charge in [0.25, 0.3) is 0 Å². The Morgan fingerprint density at radius 1 is 1.03 bits per heavy atom. The van der Waals surface area contributed by atoms with Gasteiger partial charge in [0.05, 0.1) is 10.9 Å². The number of carbonyl (C=O) groups excluding carboxylic acids is 2. The Morgan fingerprint density at radius 3 is 2.45 bits per heavy atom. The van der Waals surface area contributed by atoms with Crippen LogP contribution in [-0.4, -0.2) is 19.0 Å². The zero-order chi connectivity index (χ0) is 22.1. The van der Waals surface area contributed by atoms with Crippen molar-refractivity contribution in [3.05, 3.63) is 62.6 Å². The van der Waals surface area contributed by atoms with Crippen molar-refractivity contribution in [1.82, 2.24) is 0 Å². The first kappa shape index (κ1) is 23.5. The lowest BCUT2D eigenvalue weighted by atomic mass is 10.1. The third-order valence-corrected chi connectivity index (χ3v) is 7.19. The molecule has 31 heavy (non-hydrogen) atoms. The Bertz CT molecular complexity index is 971. The van der Waals surface area contributed by atoms with E-state index in [-0.39, 0.29) is 11.9 Å². The molecule has 0 spiro atoms. The van der Waals surface area contributed by atoms with Crippen molar-refractivity contribution < 1.29 is 14.3 Å². The molecule has 0 unspecified atom stereocenters. The van der Waals surface area contributed by atoms with Gasteiger partial charge in [-0.25, -0.2) is 0 Å². The summed E-state index contributed by atoms with van der Waals surface area (Å²) in [5, 5.41) is 6.36. The molecule has 1 N–H and O–H groups in total. The molecule has 3 rings (SSSR count). The molecule has 2 heterocycles. The van der Waals surface area contributed by atoms with Crippen LogP contribution in [-0.2, 0) is 20.9 Å². The first-order chi connectivity index (χ1) is 15.1. The predicted molar refractivity (Wildman–Crippen MR) is 132 cm³/mol. The molecule has 1 amide bonds. The molecule has 0 saturated carbocycles. The number of hydrogen-bond donors (Lipinski definition) is 1. The summed E-state index contributed by atoms with van der Waals surface area (Å²) in [5.41, 5.74) is 1.86. The van der Waals surface area contributed by atoms with Gasteiger partial charge < -0.3 is 10.1 Å². The highest BCUT2D eigenvalue weighted by molar-refractivity contribution is 9.11. The molecule has 8 heteroatoms. The molecule has 164 valence electrons. The highest BCUT2D eigenvalue weighted by Crippen LogP contribution is 2.36. The minimum absolute atomic E-state index is 0.0479. The van der Waals surface area contributed by atoms with E-state index >= 15 is 0 Å². The summed E-state index contributed by atoms with van der Waals surface area (Å²) in [6.45, 7) is 0.781. The molecule has 1 aromatic carbocycles. The Kier molecular flexibility index (Phi) is 9.12. The summed E-state index contributed by atoms with van der Waals surface area (Å²) < 4.78 is 5.64. The molecule has 0 aliphatic heterocycles. The summed E-state index contributed by atoms with van der Waals surface area (Å²) in [6.07, 6.45) is 3.10. The molecular weight excluding hydrogens is 496 g/mol. The van der Waals surface area contributed by atoms with E-state index in [1.165, 1.54) is 23.3 Å². The number of amides is 1. The number of esters is 1. The number of anilines is 3. The van der Waals surface area contributed by atoms with Crippen molar-refractivity contribution in [2.45, 2.75) is 38.6 Å². The van der Waals surface area contributed by atoms with Crippen molar-refractivity contribution in [1.29, 1.82) is 0 Å². The highest BCUT2D eigenvalue weighted by atomic mass is 79.9. The van der Waals surface area contributed by atoms with Crippen LogP contribution in [0.2, 0.25) is 0 Å². The van der Waals surface area contributed by atoms with Crippen LogP contribution in [0.15, 0.2) is 57.7 Å². The van der Waals surface area contributed by atoms with Crippen LogP contribution in [0.25, 0.3) is 0 Å². The van der Waals surface area contributed by atoms with E-state index in [2.05, 4.69) is 37.4 Å². The molecule has 0 bridgehead atoms. The summed E-state index contributed by atoms with van der Waals surface area (Å²) in [6, 6.07) is 16.0. The van der Waals surface area contributed by atoms with Gasteiger partial charge in [-0.1, -0.05) is 12.5 Å². The molecule has 0 fully saturated rings. The maximum Gasteiger partial charge on any atom is 0.305 e. The van der Waals surface area contributed by atoms with E-state index in [1.807, 2.05) is 42.5 Å². The third-order valence-electron chi connectivity index (χ3n) is 4.70. The van der Waals surface area contributed by atoms with Crippen LogP contribution in [0, 0.1) is 0 Å². The van der Waals surface area contributed by atoms with E-state index in [1.54, 1.807) is 16.2 Å². The van der Waals surface area contributed by atoms with Crippen molar-refractivity contribution in [3.63, 3.8) is 0 Å². The molecule has 0 aliphatic carbocycles. The quantitative estimate of drug-likeness (QED) is 0.219. The number of unbranched alkanes of at least 4 members (excludes halogenated alkanes) is 2. The lowest BCUT2D eigenvalue weighted by Crippen LogP contribution is -2.24. The average Bonchev–Trinajstić information content (AvgIpc) is 3.45. The van der Waals surface area contributed by atoms with Gasteiger partial charge in [0, 0.05) is 35.6 Å². The molecule has 0 atom stereocenters. The monoisotopic (exact) mass is 520 g/mol. The van der Waals surface area contributed by atoms with Gasteiger partial charge in [0.2, 0.25) is 5.91 Å². The second-order valence-corrected chi connectivity index (χ2v) is 10.4. The summed E-state index contributed by atoms with van der Waals surface area (Å²) in [5.74, 6) is -0.157. The number of carbonyl (C=O) groups is 2. The fourth-order valence-electron chi connectivity index (χ4n) is 3.09. The van der Waals surface area contributed by atoms with Crippen LogP contribution in [0.3, 0.4) is 0 Å². The summed E-state index contributed by atoms with van der Waals surface area (Å²) in [4.78, 5) is 27.4. The van der Waals surface area contributed by atoms with Crippen LogP contribution in [0.1, 0.15) is 37.0 Å². The van der Waals surface area contributed by atoms with Gasteiger partial charge in [0.15, 0.2) is 0 Å². The number of nitrogens with one attached hydrogen (secondary N) is 1. The molecule has 0 aliphatic rings. The highest BCUT2D eigenvalue weighted by Gasteiger charge is 2.19. The normalized spacial score (nSPS) is 10.6. The smallest absolute Gasteiger partial charge is 0.305 e. The number of methoxy groups -OCH3 is 1. The number of benzene rings is 1. The number of thiophene rings is 2. The van der Waals surface area contributed by atoms with Gasteiger partial charge >= 0.3 is 5.97 Å². The standard InChI is InChI=1S/C23H25BrN2O3S2/c1-29-23(28)8-4-2-3-7-21(27)26(22-14-13-20(24)31-22)18-11-9-17(10-12-18)25-16-19-6-5-15-30-19/h5-6,9-15,25H,2-4,7-8,16H2,1H3. The van der Waals surface area contributed by atoms with Crippen LogP contribution >= 0.6 is 38.6 Å². The van der Waals surface area contributed by atoms with E-state index in [0.717, 1.165) is 46.0 Å². The SMILES string of the molecule is COC(=O)CCCCCC(=O)N(c1ccc(NCc2cccs2)cc1)c1ccc(Br)s1. The number of ether oxygens (including phenoxy) is 1. The van der Waals surface area contributed by atoms with Gasteiger partial charge in [-0.15, -0.1) is 22.7 Å². The van der Waals surface area contributed by atoms with Gasteiger partial charge in [0.1, 0.15) is 5.00 Å². The van der Waals surface area contributed by atoms with Crippen molar-refractivity contribution in [2.24, 2.45) is 0 Å². The topological polar surface area (TPSA) is 58.6 Å². The van der Waals surface area contributed by atoms with Crippen LogP contribution in [0.4, 0.5) is 16.4 Å². The average molecular weight is 522 g/mol. The van der Waals surface area contributed by atoms with E-state index in [0.29, 0.717) is 12.8 Å². The maximum atomic E-state index is 13.1. The maximum absolute atomic E-state index is 13.1. The number of nitrogens with zero attached hydrogens (tertiary/aromatic N) is 1. The fourth-order valence-corrected chi connectivity index (χ4v) is 5.13. The zero-order valence-corrected chi connectivity index (χ0v) is 20.5. The second-order valence-electron chi connectivity index (χ2n) is 6.92. The van der Waals surface area contributed by atoms with Gasteiger partial charge in [-0.2, -0.15) is 0 Å². The van der Waals surface area contributed by atoms with E-state index in [9.17, 15) is 9.59 Å². The molecule has 0 radical (unpaired) electrons. The number of rotatable bonds is 11. The summed E-state index contributed by atoms with van der Waals surface area (Å²) >= 11 is 6.75. The summed E-state index contributed by atoms with van der Waals surface area (Å²) in [7, 11) is 1.39. The Labute approximate surface area is 199 Å². The van der Waals surface area contributed by atoms with Crippen molar-refractivity contribution in [3.8, 4) is 0 Å². The lowest BCUT2D eigenvalue weighted by molar-refractivity contribution is -0.140. The number of halogens is 1. The second kappa shape index (κ2) is 12.0. The number of hydrogen-bond acceptors (Lipinski definition) is 6. The van der Waals surface area contributed by atoms with Gasteiger partial charge in [-0.05, 0) is 76.6 Å². The van der Waals surface area contributed by atoms with E-state index in [4.69, 9.17) is 0 Å². The van der Waals surface area contributed by atoms with Crippen molar-refractivity contribution >= 4 is 66.9 Å². The zero-order valence-electron chi connectivity index (χ0n) is 17.3. The molecule has 2 aromatic heterocycles. The first-order valence-corrected chi connectivity index (χ1v) is 12.6. The minimum Gasteiger partial charge on any atom is -0.469 e. The Balaban J connectivity index is 1.63. The Morgan fingerprint density at radius 2 is 1.81 bits per heavy atom. The lowest BCUT2D eigenvalue weighted by Gasteiger charge is -2.22. The first-order valence-electron chi connectivity index (χ1n) is 10.1. The molecule has 5 nitrogen and oxygen atoms in total. The largest absolute Gasteiger partial charge is 0.469 e. The van der Waals surface area contributed by atoms with E-state index < -0.39 is 0 Å².